The Morgan fingerprint density at radius 2 is 1.81 bits per heavy atom. The molecule has 2 amide bonds. The first-order valence-electron chi connectivity index (χ1n) is 9.83. The van der Waals surface area contributed by atoms with Crippen LogP contribution in [0.1, 0.15) is 21.3 Å². The van der Waals surface area contributed by atoms with Crippen molar-refractivity contribution in [2.24, 2.45) is 0 Å². The number of thioether (sulfide) groups is 1. The minimum atomic E-state index is -0.279. The molecule has 32 heavy (non-hydrogen) atoms. The number of rotatable bonds is 6. The van der Waals surface area contributed by atoms with Gasteiger partial charge in [0.25, 0.3) is 5.91 Å². The highest BCUT2D eigenvalue weighted by atomic mass is 35.5. The minimum Gasteiger partial charge on any atom is -0.497 e. The summed E-state index contributed by atoms with van der Waals surface area (Å²) in [6, 6.07) is 19.7. The number of nitrogens with zero attached hydrogens (tertiary/aromatic N) is 1. The molecular formula is C24H21ClN2O4S. The summed E-state index contributed by atoms with van der Waals surface area (Å²) in [4.78, 5) is 27.0. The number of anilines is 2. The zero-order valence-corrected chi connectivity index (χ0v) is 19.1. The lowest BCUT2D eigenvalue weighted by atomic mass is 10.1. The first kappa shape index (κ1) is 22.0. The topological polar surface area (TPSA) is 67.9 Å². The summed E-state index contributed by atoms with van der Waals surface area (Å²) in [5.74, 6) is 1.30. The Morgan fingerprint density at radius 3 is 2.50 bits per heavy atom. The Hall–Kier alpha value is -3.16. The summed E-state index contributed by atoms with van der Waals surface area (Å²) < 4.78 is 10.8. The molecule has 1 N–H and O–H groups in total. The lowest BCUT2D eigenvalue weighted by molar-refractivity contribution is -0.115. The van der Waals surface area contributed by atoms with Gasteiger partial charge in [0.2, 0.25) is 5.91 Å². The third-order valence-corrected chi connectivity index (χ3v) is 6.63. The van der Waals surface area contributed by atoms with E-state index in [1.807, 2.05) is 30.3 Å². The molecule has 4 rings (SSSR count). The maximum Gasteiger partial charge on any atom is 0.257 e. The smallest absolute Gasteiger partial charge is 0.257 e. The summed E-state index contributed by atoms with van der Waals surface area (Å²) in [6.45, 7) is 0. The largest absolute Gasteiger partial charge is 0.497 e. The van der Waals surface area contributed by atoms with E-state index in [1.54, 1.807) is 55.5 Å². The number of amides is 2. The second-order valence-corrected chi connectivity index (χ2v) is 8.50. The number of benzene rings is 3. The monoisotopic (exact) mass is 468 g/mol. The number of halogens is 1. The van der Waals surface area contributed by atoms with Crippen LogP contribution < -0.4 is 19.7 Å². The average molecular weight is 469 g/mol. The quantitative estimate of drug-likeness (QED) is 0.525. The van der Waals surface area contributed by atoms with Gasteiger partial charge in [-0.2, -0.15) is 0 Å². The van der Waals surface area contributed by atoms with Gasteiger partial charge in [-0.25, -0.2) is 0 Å². The second kappa shape index (κ2) is 9.54. The third kappa shape index (κ3) is 4.40. The maximum absolute atomic E-state index is 12.7. The maximum atomic E-state index is 12.7. The zero-order chi connectivity index (χ0) is 22.7. The predicted molar refractivity (Wildman–Crippen MR) is 128 cm³/mol. The molecule has 1 fully saturated rings. The van der Waals surface area contributed by atoms with Crippen LogP contribution in [0.25, 0.3) is 0 Å². The van der Waals surface area contributed by atoms with Gasteiger partial charge in [-0.15, -0.1) is 11.8 Å². The molecule has 3 aromatic rings. The number of carbonyl (C=O) groups is 2. The molecule has 8 heteroatoms. The highest BCUT2D eigenvalue weighted by Crippen LogP contribution is 2.45. The van der Waals surface area contributed by atoms with Crippen LogP contribution in [0.5, 0.6) is 11.5 Å². The van der Waals surface area contributed by atoms with Crippen molar-refractivity contribution < 1.29 is 19.1 Å². The molecule has 6 nitrogen and oxygen atoms in total. The number of hydrogen-bond acceptors (Lipinski definition) is 5. The normalized spacial score (nSPS) is 15.5. The molecule has 164 valence electrons. The fraction of sp³-hybridized carbons (Fsp3) is 0.167. The summed E-state index contributed by atoms with van der Waals surface area (Å²) in [6.07, 6.45) is 0. The van der Waals surface area contributed by atoms with Crippen molar-refractivity contribution >= 4 is 46.6 Å². The molecule has 1 aliphatic rings. The molecule has 1 heterocycles. The van der Waals surface area contributed by atoms with E-state index < -0.39 is 0 Å². The summed E-state index contributed by atoms with van der Waals surface area (Å²) >= 11 is 7.65. The minimum absolute atomic E-state index is 0.000402. The van der Waals surface area contributed by atoms with Gasteiger partial charge in [-0.3, -0.25) is 14.5 Å². The Morgan fingerprint density at radius 1 is 1.06 bits per heavy atom. The van der Waals surface area contributed by atoms with Gasteiger partial charge >= 0.3 is 0 Å². The second-order valence-electron chi connectivity index (χ2n) is 7.02. The fourth-order valence-corrected chi connectivity index (χ4v) is 4.88. The molecule has 0 aromatic heterocycles. The number of nitrogens with one attached hydrogen (secondary N) is 1. The van der Waals surface area contributed by atoms with Crippen LogP contribution in [-0.4, -0.2) is 31.8 Å². The number of ether oxygens (including phenoxy) is 2. The lowest BCUT2D eigenvalue weighted by Crippen LogP contribution is -2.28. The van der Waals surface area contributed by atoms with Gasteiger partial charge in [-0.1, -0.05) is 35.9 Å². The summed E-state index contributed by atoms with van der Waals surface area (Å²) in [7, 11) is 3.15. The molecule has 0 spiro atoms. The van der Waals surface area contributed by atoms with E-state index >= 15 is 0 Å². The van der Waals surface area contributed by atoms with Crippen molar-refractivity contribution in [1.82, 2.24) is 0 Å². The Bertz CT molecular complexity index is 1150. The molecule has 0 bridgehead atoms. The highest BCUT2D eigenvalue weighted by molar-refractivity contribution is 8.00. The molecule has 1 unspecified atom stereocenters. The third-order valence-electron chi connectivity index (χ3n) is 5.09. The van der Waals surface area contributed by atoms with E-state index in [-0.39, 0.29) is 17.2 Å². The summed E-state index contributed by atoms with van der Waals surface area (Å²) in [5.41, 5.74) is 2.67. The van der Waals surface area contributed by atoms with Gasteiger partial charge in [0, 0.05) is 11.8 Å². The molecule has 0 saturated carbocycles. The lowest BCUT2D eigenvalue weighted by Gasteiger charge is -2.26. The van der Waals surface area contributed by atoms with Crippen molar-refractivity contribution in [2.75, 3.05) is 30.2 Å². The van der Waals surface area contributed by atoms with Crippen molar-refractivity contribution in [1.29, 1.82) is 0 Å². The standard InChI is InChI=1S/C24H21ClN2O4S/c1-30-17-11-12-20(21(13-17)31-2)27-22(28)14-32-24(27)15-7-9-16(10-8-15)26-23(29)18-5-3-4-6-19(18)25/h3-13,24H,14H2,1-2H3,(H,26,29). The van der Waals surface area contributed by atoms with E-state index in [2.05, 4.69) is 5.32 Å². The average Bonchev–Trinajstić information content (AvgIpc) is 3.20. The Labute approximate surface area is 195 Å². The first-order valence-corrected chi connectivity index (χ1v) is 11.3. The highest BCUT2D eigenvalue weighted by Gasteiger charge is 2.35. The van der Waals surface area contributed by atoms with Gasteiger partial charge in [0.15, 0.2) is 0 Å². The molecule has 3 aromatic carbocycles. The van der Waals surface area contributed by atoms with E-state index in [1.165, 1.54) is 11.8 Å². The zero-order valence-electron chi connectivity index (χ0n) is 17.5. The van der Waals surface area contributed by atoms with E-state index in [9.17, 15) is 9.59 Å². The van der Waals surface area contributed by atoms with Crippen molar-refractivity contribution in [3.8, 4) is 11.5 Å². The van der Waals surface area contributed by atoms with Crippen LogP contribution in [0.2, 0.25) is 5.02 Å². The number of methoxy groups -OCH3 is 2. The van der Waals surface area contributed by atoms with Gasteiger partial charge in [0.1, 0.15) is 16.9 Å². The molecule has 0 aliphatic carbocycles. The molecule has 1 aliphatic heterocycles. The van der Waals surface area contributed by atoms with Gasteiger partial charge < -0.3 is 14.8 Å². The molecule has 1 saturated heterocycles. The molecule has 1 atom stereocenters. The predicted octanol–water partition coefficient (Wildman–Crippen LogP) is 5.39. The van der Waals surface area contributed by atoms with E-state index in [0.29, 0.717) is 39.2 Å². The van der Waals surface area contributed by atoms with Crippen LogP contribution in [0.15, 0.2) is 66.7 Å². The fourth-order valence-electron chi connectivity index (χ4n) is 3.49. The molecular weight excluding hydrogens is 448 g/mol. The van der Waals surface area contributed by atoms with Crippen LogP contribution in [-0.2, 0) is 4.79 Å². The number of carbonyl (C=O) groups excluding carboxylic acids is 2. The van der Waals surface area contributed by atoms with E-state index in [0.717, 1.165) is 5.56 Å². The van der Waals surface area contributed by atoms with Crippen LogP contribution in [0, 0.1) is 0 Å². The summed E-state index contributed by atoms with van der Waals surface area (Å²) in [5, 5.41) is 3.04. The number of hydrogen-bond donors (Lipinski definition) is 1. The van der Waals surface area contributed by atoms with Crippen LogP contribution >= 0.6 is 23.4 Å². The Balaban J connectivity index is 1.56. The van der Waals surface area contributed by atoms with Gasteiger partial charge in [-0.05, 0) is 42.0 Å². The van der Waals surface area contributed by atoms with Crippen molar-refractivity contribution in [3.63, 3.8) is 0 Å². The van der Waals surface area contributed by atoms with Crippen molar-refractivity contribution in [2.45, 2.75) is 5.37 Å². The van der Waals surface area contributed by atoms with Crippen LogP contribution in [0.4, 0.5) is 11.4 Å². The Kier molecular flexibility index (Phi) is 6.58. The first-order chi connectivity index (χ1) is 15.5. The van der Waals surface area contributed by atoms with Crippen molar-refractivity contribution in [3.05, 3.63) is 82.9 Å². The SMILES string of the molecule is COc1ccc(N2C(=O)CSC2c2ccc(NC(=O)c3ccccc3Cl)cc2)c(OC)c1. The van der Waals surface area contributed by atoms with E-state index in [4.69, 9.17) is 21.1 Å². The molecule has 0 radical (unpaired) electrons. The van der Waals surface area contributed by atoms with Crippen LogP contribution in [0.3, 0.4) is 0 Å². The van der Waals surface area contributed by atoms with Gasteiger partial charge in [0.05, 0.1) is 36.2 Å².